The van der Waals surface area contributed by atoms with Crippen LogP contribution >= 0.6 is 22.7 Å². The molecule has 1 amide bonds. The van der Waals surface area contributed by atoms with Crippen molar-refractivity contribution in [3.63, 3.8) is 0 Å². The molecule has 0 bridgehead atoms. The number of ether oxygens (including phenoxy) is 2. The van der Waals surface area contributed by atoms with E-state index in [1.54, 1.807) is 6.20 Å². The molecule has 9 nitrogen and oxygen atoms in total. The summed E-state index contributed by atoms with van der Waals surface area (Å²) in [6, 6.07) is 0. The number of rotatable bonds is 5. The fourth-order valence-corrected chi connectivity index (χ4v) is 4.36. The van der Waals surface area contributed by atoms with Gasteiger partial charge in [-0.3, -0.25) is 10.1 Å². The number of hydrogen-bond donors (Lipinski definition) is 2. The minimum Gasteiger partial charge on any atom is -0.479 e. The first-order valence-electron chi connectivity index (χ1n) is 8.17. The second kappa shape index (κ2) is 7.62. The smallest absolute Gasteiger partial charge is 0.365 e. The van der Waals surface area contributed by atoms with Crippen molar-refractivity contribution in [2.24, 2.45) is 0 Å². The highest BCUT2D eigenvalue weighted by atomic mass is 32.1. The number of carbonyl (C=O) groups excluding carboxylic acids is 1. The van der Waals surface area contributed by atoms with E-state index in [4.69, 9.17) is 14.6 Å². The first-order chi connectivity index (χ1) is 13.6. The molecule has 2 N–H and O–H groups in total. The Bertz CT molecular complexity index is 1100. The quantitative estimate of drug-likeness (QED) is 0.648. The summed E-state index contributed by atoms with van der Waals surface area (Å²) in [7, 11) is 1.51. The van der Waals surface area contributed by atoms with Gasteiger partial charge in [0.15, 0.2) is 5.13 Å². The van der Waals surface area contributed by atoms with E-state index in [-0.39, 0.29) is 10.7 Å². The number of methoxy groups -OCH3 is 1. The van der Waals surface area contributed by atoms with Gasteiger partial charge in [0.1, 0.15) is 11.2 Å². The SMILES string of the molecule is COc1ncc(C2=CCOCC2)c2sc(NC(=O)c3csc(C(=O)O)n3)nc12. The van der Waals surface area contributed by atoms with Crippen molar-refractivity contribution >= 4 is 55.5 Å². The number of thiazole rings is 2. The molecular weight excluding hydrogens is 404 g/mol. The number of nitrogens with zero attached hydrogens (tertiary/aromatic N) is 3. The minimum atomic E-state index is -1.17. The van der Waals surface area contributed by atoms with E-state index in [9.17, 15) is 9.59 Å². The van der Waals surface area contributed by atoms with Crippen LogP contribution in [0.15, 0.2) is 17.7 Å². The highest BCUT2D eigenvalue weighted by Crippen LogP contribution is 2.37. The van der Waals surface area contributed by atoms with Crippen LogP contribution in [0.3, 0.4) is 0 Å². The van der Waals surface area contributed by atoms with E-state index in [1.807, 2.05) is 6.08 Å². The number of amides is 1. The molecule has 1 aliphatic rings. The van der Waals surface area contributed by atoms with Crippen LogP contribution in [0.4, 0.5) is 5.13 Å². The number of anilines is 1. The van der Waals surface area contributed by atoms with Gasteiger partial charge in [0.25, 0.3) is 5.91 Å². The Morgan fingerprint density at radius 2 is 2.21 bits per heavy atom. The molecule has 0 aromatic carbocycles. The Morgan fingerprint density at radius 1 is 1.36 bits per heavy atom. The summed E-state index contributed by atoms with van der Waals surface area (Å²) in [6.45, 7) is 1.18. The molecule has 0 unspecified atom stereocenters. The third-order valence-electron chi connectivity index (χ3n) is 4.03. The van der Waals surface area contributed by atoms with Crippen molar-refractivity contribution in [1.82, 2.24) is 15.0 Å². The second-order valence-corrected chi connectivity index (χ2v) is 7.59. The van der Waals surface area contributed by atoms with Gasteiger partial charge in [-0.15, -0.1) is 11.3 Å². The molecule has 144 valence electrons. The predicted octanol–water partition coefficient (Wildman–Crippen LogP) is 2.91. The molecule has 0 atom stereocenters. The molecule has 3 aromatic rings. The Labute approximate surface area is 166 Å². The number of aromatic carboxylic acids is 1. The summed E-state index contributed by atoms with van der Waals surface area (Å²) in [6.07, 6.45) is 4.51. The summed E-state index contributed by atoms with van der Waals surface area (Å²) in [5.41, 5.74) is 2.62. The van der Waals surface area contributed by atoms with Crippen molar-refractivity contribution in [2.45, 2.75) is 6.42 Å². The van der Waals surface area contributed by atoms with Crippen molar-refractivity contribution in [1.29, 1.82) is 0 Å². The molecule has 0 spiro atoms. The third kappa shape index (κ3) is 3.46. The van der Waals surface area contributed by atoms with Crippen molar-refractivity contribution < 1.29 is 24.2 Å². The molecule has 4 rings (SSSR count). The highest BCUT2D eigenvalue weighted by Gasteiger charge is 2.20. The lowest BCUT2D eigenvalue weighted by Crippen LogP contribution is -2.12. The number of pyridine rings is 1. The number of aromatic nitrogens is 3. The largest absolute Gasteiger partial charge is 0.479 e. The molecule has 0 saturated heterocycles. The second-order valence-electron chi connectivity index (χ2n) is 5.73. The topological polar surface area (TPSA) is 124 Å². The maximum atomic E-state index is 12.4. The first-order valence-corrected chi connectivity index (χ1v) is 9.87. The Hall–Kier alpha value is -2.89. The summed E-state index contributed by atoms with van der Waals surface area (Å²) in [5.74, 6) is -1.33. The molecule has 3 aromatic heterocycles. The number of carbonyl (C=O) groups is 2. The van der Waals surface area contributed by atoms with Crippen LogP contribution in [0.25, 0.3) is 15.8 Å². The van der Waals surface area contributed by atoms with Crippen molar-refractivity contribution in [3.05, 3.63) is 33.9 Å². The van der Waals surface area contributed by atoms with E-state index in [2.05, 4.69) is 20.3 Å². The zero-order chi connectivity index (χ0) is 19.7. The van der Waals surface area contributed by atoms with Crippen LogP contribution in [0, 0.1) is 0 Å². The molecule has 0 radical (unpaired) electrons. The normalized spacial score (nSPS) is 14.0. The number of nitrogens with one attached hydrogen (secondary N) is 1. The molecule has 0 aliphatic carbocycles. The fourth-order valence-electron chi connectivity index (χ4n) is 2.73. The number of carboxylic acid groups (broad SMARTS) is 1. The standard InChI is InChI=1S/C17H14N4O5S2/c1-25-14-11-12(9(6-18-14)8-2-4-26-5-3-8)28-17(20-11)21-13(22)10-7-27-15(19-10)16(23)24/h2,6-7H,3-5H2,1H3,(H,23,24)(H,20,21,22). The average Bonchev–Trinajstić information content (AvgIpc) is 3.35. The third-order valence-corrected chi connectivity index (χ3v) is 5.86. The first kappa shape index (κ1) is 18.5. The van der Waals surface area contributed by atoms with E-state index < -0.39 is 11.9 Å². The molecule has 4 heterocycles. The van der Waals surface area contributed by atoms with Gasteiger partial charge in [0.2, 0.25) is 10.9 Å². The van der Waals surface area contributed by atoms with E-state index in [0.717, 1.165) is 33.6 Å². The lowest BCUT2D eigenvalue weighted by molar-refractivity contribution is 0.0696. The zero-order valence-electron chi connectivity index (χ0n) is 14.6. The molecule has 11 heteroatoms. The average molecular weight is 418 g/mol. The maximum absolute atomic E-state index is 12.4. The molecule has 0 saturated carbocycles. The van der Waals surface area contributed by atoms with Crippen LogP contribution in [-0.2, 0) is 4.74 Å². The summed E-state index contributed by atoms with van der Waals surface area (Å²) >= 11 is 2.19. The van der Waals surface area contributed by atoms with E-state index in [1.165, 1.54) is 23.8 Å². The lowest BCUT2D eigenvalue weighted by Gasteiger charge is -2.14. The molecule has 1 aliphatic heterocycles. The van der Waals surface area contributed by atoms with Crippen LogP contribution in [-0.4, -0.2) is 52.3 Å². The number of hydrogen-bond acceptors (Lipinski definition) is 9. The van der Waals surface area contributed by atoms with Crippen molar-refractivity contribution in [3.8, 4) is 5.88 Å². The van der Waals surface area contributed by atoms with Crippen LogP contribution in [0.5, 0.6) is 5.88 Å². The van der Waals surface area contributed by atoms with E-state index >= 15 is 0 Å². The van der Waals surface area contributed by atoms with Gasteiger partial charge >= 0.3 is 5.97 Å². The maximum Gasteiger partial charge on any atom is 0.365 e. The van der Waals surface area contributed by atoms with Crippen molar-refractivity contribution in [2.75, 3.05) is 25.6 Å². The van der Waals surface area contributed by atoms with Gasteiger partial charge < -0.3 is 14.6 Å². The van der Waals surface area contributed by atoms with Gasteiger partial charge in [-0.25, -0.2) is 19.7 Å². The van der Waals surface area contributed by atoms with E-state index in [0.29, 0.717) is 29.7 Å². The van der Waals surface area contributed by atoms with Gasteiger partial charge in [0.05, 0.1) is 25.0 Å². The van der Waals surface area contributed by atoms with Gasteiger partial charge in [-0.1, -0.05) is 17.4 Å². The fraction of sp³-hybridized carbons (Fsp3) is 0.235. The summed E-state index contributed by atoms with van der Waals surface area (Å²) in [4.78, 5) is 35.9. The van der Waals surface area contributed by atoms with Crippen LogP contribution in [0.1, 0.15) is 32.3 Å². The minimum absolute atomic E-state index is 0.0270. The Balaban J connectivity index is 1.68. The van der Waals surface area contributed by atoms with Gasteiger partial charge in [0, 0.05) is 17.1 Å². The van der Waals surface area contributed by atoms with Gasteiger partial charge in [-0.05, 0) is 12.0 Å². The van der Waals surface area contributed by atoms with Gasteiger partial charge in [-0.2, -0.15) is 0 Å². The predicted molar refractivity (Wildman–Crippen MR) is 104 cm³/mol. The zero-order valence-corrected chi connectivity index (χ0v) is 16.2. The number of carboxylic acids is 1. The van der Waals surface area contributed by atoms with Crippen LogP contribution in [0.2, 0.25) is 0 Å². The Kier molecular flexibility index (Phi) is 5.03. The highest BCUT2D eigenvalue weighted by molar-refractivity contribution is 7.22. The summed E-state index contributed by atoms with van der Waals surface area (Å²) < 4.78 is 11.5. The molecule has 0 fully saturated rings. The lowest BCUT2D eigenvalue weighted by atomic mass is 10.0. The molecule has 28 heavy (non-hydrogen) atoms. The summed E-state index contributed by atoms with van der Waals surface area (Å²) in [5, 5.41) is 13.2. The number of fused-ring (bicyclic) bond motifs is 1. The monoisotopic (exact) mass is 418 g/mol. The molecular formula is C17H14N4O5S2. The Morgan fingerprint density at radius 3 is 2.89 bits per heavy atom. The van der Waals surface area contributed by atoms with Crippen LogP contribution < -0.4 is 10.1 Å².